The van der Waals surface area contributed by atoms with Crippen LogP contribution in [0.5, 0.6) is 0 Å². The third-order valence-electron chi connectivity index (χ3n) is 6.87. The van der Waals surface area contributed by atoms with Crippen LogP contribution in [0.15, 0.2) is 47.2 Å². The molecule has 5 nitrogen and oxygen atoms in total. The first-order chi connectivity index (χ1) is 14.8. The maximum Gasteiger partial charge on any atom is 0.226 e. The highest BCUT2D eigenvalue weighted by atomic mass is 19.1. The van der Waals surface area contributed by atoms with Crippen LogP contribution >= 0.6 is 0 Å². The maximum absolute atomic E-state index is 14.2. The zero-order valence-corrected chi connectivity index (χ0v) is 18.9. The van der Waals surface area contributed by atoms with Crippen LogP contribution in [0.4, 0.5) is 4.39 Å². The fourth-order valence-corrected chi connectivity index (χ4v) is 4.51. The van der Waals surface area contributed by atoms with Gasteiger partial charge in [0.1, 0.15) is 11.7 Å². The van der Waals surface area contributed by atoms with Gasteiger partial charge in [-0.15, -0.1) is 0 Å². The monoisotopic (exact) mass is 424 g/mol. The molecule has 1 aromatic rings. The number of halogens is 1. The number of benzene rings is 1. The number of likely N-dealkylation sites (tertiary alicyclic amines) is 1. The van der Waals surface area contributed by atoms with Gasteiger partial charge in [0.15, 0.2) is 5.66 Å². The topological polar surface area (TPSA) is 56.7 Å². The average Bonchev–Trinajstić information content (AvgIpc) is 3.40. The van der Waals surface area contributed by atoms with E-state index in [1.165, 1.54) is 0 Å². The van der Waals surface area contributed by atoms with Gasteiger partial charge in [-0.25, -0.2) is 14.8 Å². The number of allylic oxidation sites excluding steroid dienone is 4. The van der Waals surface area contributed by atoms with Gasteiger partial charge in [0.25, 0.3) is 0 Å². The molecule has 166 valence electrons. The summed E-state index contributed by atoms with van der Waals surface area (Å²) >= 11 is 0. The number of amides is 1. The third kappa shape index (κ3) is 4.18. The lowest BCUT2D eigenvalue weighted by atomic mass is 9.95. The Labute approximate surface area is 184 Å². The second kappa shape index (κ2) is 8.58. The van der Waals surface area contributed by atoms with Crippen LogP contribution in [-0.2, 0) is 10.5 Å². The van der Waals surface area contributed by atoms with Crippen LogP contribution in [0.3, 0.4) is 0 Å². The van der Waals surface area contributed by atoms with Crippen molar-refractivity contribution in [1.82, 2.24) is 15.8 Å². The summed E-state index contributed by atoms with van der Waals surface area (Å²) in [6.07, 6.45) is 7.14. The van der Waals surface area contributed by atoms with Crippen LogP contribution in [-0.4, -0.2) is 29.2 Å². The van der Waals surface area contributed by atoms with Gasteiger partial charge >= 0.3 is 0 Å². The fourth-order valence-electron chi connectivity index (χ4n) is 4.51. The average molecular weight is 425 g/mol. The number of aliphatic imine (C=N–C) groups is 1. The minimum absolute atomic E-state index is 0.00183. The molecule has 3 aliphatic rings. The number of nitrogens with one attached hydrogen (secondary N) is 2. The van der Waals surface area contributed by atoms with Gasteiger partial charge in [-0.1, -0.05) is 51.1 Å². The Morgan fingerprint density at radius 1 is 1.19 bits per heavy atom. The van der Waals surface area contributed by atoms with E-state index in [1.807, 2.05) is 49.1 Å². The van der Waals surface area contributed by atoms with Crippen molar-refractivity contribution < 1.29 is 9.18 Å². The van der Waals surface area contributed by atoms with E-state index >= 15 is 0 Å². The van der Waals surface area contributed by atoms with Crippen LogP contribution in [0.1, 0.15) is 64.5 Å². The van der Waals surface area contributed by atoms with Crippen molar-refractivity contribution in [2.45, 2.75) is 65.1 Å². The second-order valence-electron chi connectivity index (χ2n) is 9.37. The van der Waals surface area contributed by atoms with Crippen LogP contribution < -0.4 is 10.9 Å². The largest absolute Gasteiger partial charge is 0.332 e. The number of hydrazine groups is 1. The highest BCUT2D eigenvalue weighted by Crippen LogP contribution is 2.33. The van der Waals surface area contributed by atoms with Gasteiger partial charge in [-0.2, -0.15) is 0 Å². The number of carbonyl (C=O) groups excluding carboxylic acids is 1. The zero-order valence-electron chi connectivity index (χ0n) is 18.9. The molecule has 0 saturated carbocycles. The van der Waals surface area contributed by atoms with E-state index in [0.717, 1.165) is 49.2 Å². The van der Waals surface area contributed by atoms with Crippen molar-refractivity contribution in [3.8, 4) is 0 Å². The molecule has 1 saturated heterocycles. The number of hydrogen-bond acceptors (Lipinski definition) is 4. The molecule has 1 aromatic carbocycles. The Bertz CT molecular complexity index is 933. The standard InChI is InChI=1S/C25H33FN4O/c1-16(2)17(3)24(31)30-15-7-10-22(30)23-27-25(4,29-28-23)19-13-11-18(12-14-19)20-8-5-6-9-21(20)26/h8-9,11-14,16-17,22,29H,5-7,10,15H2,1-4H3,(H,27,28). The van der Waals surface area contributed by atoms with Crippen molar-refractivity contribution >= 4 is 17.3 Å². The molecule has 1 aliphatic carbocycles. The summed E-state index contributed by atoms with van der Waals surface area (Å²) in [5.74, 6) is 1.19. The Hall–Kier alpha value is -2.47. The summed E-state index contributed by atoms with van der Waals surface area (Å²) in [6, 6.07) is 7.88. The number of amidine groups is 1. The maximum atomic E-state index is 14.2. The third-order valence-corrected chi connectivity index (χ3v) is 6.87. The van der Waals surface area contributed by atoms with Crippen LogP contribution in [0.25, 0.3) is 5.57 Å². The predicted octanol–water partition coefficient (Wildman–Crippen LogP) is 4.68. The number of carbonyl (C=O) groups is 1. The van der Waals surface area contributed by atoms with Gasteiger partial charge < -0.3 is 10.3 Å². The minimum atomic E-state index is -0.635. The number of hydrogen-bond donors (Lipinski definition) is 2. The molecule has 6 heteroatoms. The summed E-state index contributed by atoms with van der Waals surface area (Å²) in [7, 11) is 0. The number of nitrogens with zero attached hydrogens (tertiary/aromatic N) is 2. The first-order valence-corrected chi connectivity index (χ1v) is 11.4. The van der Waals surface area contributed by atoms with E-state index in [2.05, 4.69) is 24.7 Å². The van der Waals surface area contributed by atoms with E-state index in [9.17, 15) is 9.18 Å². The second-order valence-corrected chi connectivity index (χ2v) is 9.37. The van der Waals surface area contributed by atoms with Crippen molar-refractivity contribution in [1.29, 1.82) is 0 Å². The molecular weight excluding hydrogens is 391 g/mol. The number of rotatable bonds is 5. The quantitative estimate of drug-likeness (QED) is 0.722. The molecule has 2 heterocycles. The van der Waals surface area contributed by atoms with Crippen molar-refractivity contribution in [2.24, 2.45) is 16.8 Å². The van der Waals surface area contributed by atoms with Crippen molar-refractivity contribution in [3.05, 3.63) is 53.4 Å². The lowest BCUT2D eigenvalue weighted by Crippen LogP contribution is -2.49. The zero-order chi connectivity index (χ0) is 22.2. The van der Waals surface area contributed by atoms with E-state index in [1.54, 1.807) is 6.08 Å². The molecular formula is C25H33FN4O. The van der Waals surface area contributed by atoms with Crippen molar-refractivity contribution in [3.63, 3.8) is 0 Å². The van der Waals surface area contributed by atoms with Gasteiger partial charge in [-0.05, 0) is 55.7 Å². The summed E-state index contributed by atoms with van der Waals surface area (Å²) in [5, 5.41) is 0. The molecule has 3 unspecified atom stereocenters. The summed E-state index contributed by atoms with van der Waals surface area (Å²) in [4.78, 5) is 19.9. The summed E-state index contributed by atoms with van der Waals surface area (Å²) in [5.41, 5.74) is 8.46. The molecule has 0 aromatic heterocycles. The molecule has 31 heavy (non-hydrogen) atoms. The predicted molar refractivity (Wildman–Crippen MR) is 123 cm³/mol. The molecule has 0 bridgehead atoms. The molecule has 3 atom stereocenters. The summed E-state index contributed by atoms with van der Waals surface area (Å²) in [6.45, 7) is 8.98. The smallest absolute Gasteiger partial charge is 0.226 e. The van der Waals surface area contributed by atoms with Gasteiger partial charge in [-0.3, -0.25) is 4.79 Å². The van der Waals surface area contributed by atoms with Gasteiger partial charge in [0.2, 0.25) is 5.91 Å². The van der Waals surface area contributed by atoms with E-state index < -0.39 is 5.66 Å². The minimum Gasteiger partial charge on any atom is -0.332 e. The Morgan fingerprint density at radius 3 is 2.58 bits per heavy atom. The highest BCUT2D eigenvalue weighted by molar-refractivity contribution is 5.93. The lowest BCUT2D eigenvalue weighted by molar-refractivity contribution is -0.136. The van der Waals surface area contributed by atoms with Crippen LogP contribution in [0.2, 0.25) is 0 Å². The normalized spacial score (nSPS) is 27.0. The van der Waals surface area contributed by atoms with E-state index in [-0.39, 0.29) is 23.7 Å². The van der Waals surface area contributed by atoms with E-state index in [4.69, 9.17) is 4.99 Å². The molecule has 1 amide bonds. The molecule has 0 spiro atoms. The molecule has 2 N–H and O–H groups in total. The first kappa shape index (κ1) is 21.8. The molecule has 0 radical (unpaired) electrons. The highest BCUT2D eigenvalue weighted by Gasteiger charge is 2.40. The SMILES string of the molecule is CC(C)C(C)C(=O)N1CCCC1C1=NC(C)(c2ccc(C3=CCCC=C3F)cc2)NN1. The fraction of sp³-hybridized carbons (Fsp3) is 0.520. The Morgan fingerprint density at radius 2 is 1.90 bits per heavy atom. The molecule has 2 aliphatic heterocycles. The van der Waals surface area contributed by atoms with Crippen molar-refractivity contribution in [2.75, 3.05) is 6.54 Å². The van der Waals surface area contributed by atoms with E-state index in [0.29, 0.717) is 11.5 Å². The molecule has 1 fully saturated rings. The van der Waals surface area contributed by atoms with Crippen LogP contribution in [0, 0.1) is 11.8 Å². The Balaban J connectivity index is 1.53. The van der Waals surface area contributed by atoms with Gasteiger partial charge in [0, 0.05) is 18.0 Å². The Kier molecular flexibility index (Phi) is 6.02. The first-order valence-electron chi connectivity index (χ1n) is 11.4. The summed E-state index contributed by atoms with van der Waals surface area (Å²) < 4.78 is 14.2. The molecule has 4 rings (SSSR count). The lowest BCUT2D eigenvalue weighted by Gasteiger charge is -2.28. The van der Waals surface area contributed by atoms with Gasteiger partial charge in [0.05, 0.1) is 6.04 Å².